The van der Waals surface area contributed by atoms with Gasteiger partial charge in [-0.25, -0.2) is 19.4 Å². The van der Waals surface area contributed by atoms with Crippen LogP contribution < -0.4 is 10.2 Å². The fourth-order valence-corrected chi connectivity index (χ4v) is 11.6. The minimum absolute atomic E-state index is 0.0139. The van der Waals surface area contributed by atoms with Crippen LogP contribution in [0.1, 0.15) is 132 Å². The maximum Gasteiger partial charge on any atom is 0.407 e. The van der Waals surface area contributed by atoms with Crippen LogP contribution in [0.5, 0.6) is 0 Å². The highest BCUT2D eigenvalue weighted by Crippen LogP contribution is 2.72. The van der Waals surface area contributed by atoms with E-state index >= 15 is 0 Å². The molecule has 3 aromatic rings. The molecule has 2 atom stereocenters. The van der Waals surface area contributed by atoms with Gasteiger partial charge in [-0.15, -0.1) is 0 Å². The van der Waals surface area contributed by atoms with E-state index in [1.165, 1.54) is 6.42 Å². The van der Waals surface area contributed by atoms with Crippen LogP contribution in [0.15, 0.2) is 36.5 Å². The number of fused-ring (bicyclic) bond motifs is 1. The van der Waals surface area contributed by atoms with Gasteiger partial charge in [-0.2, -0.15) is 5.10 Å². The zero-order valence-corrected chi connectivity index (χ0v) is 36.5. The molecule has 2 N–H and O–H groups in total. The molecule has 1 amide bonds. The first kappa shape index (κ1) is 42.6. The standard InChI is InChI=1S/C46H63N5O8/c1-30-34(32-13-14-36(49-37(32)39(54)58-41(2,3)4)50-17-15-31-11-10-12-33(38(52)53)35(31)22-50)21-48-51(30)29-45-24-43(8)23-44(9,25-45)27-46(26-43,28-45)57-20-19-56-18-16-47-40(55)59-42(5,6)7/h10-14,21H,15-20,22-29H2,1-9H3,(H,47,55)(H,52,53). The fourth-order valence-electron chi connectivity index (χ4n) is 11.6. The number of nitrogens with one attached hydrogen (secondary N) is 1. The summed E-state index contributed by atoms with van der Waals surface area (Å²) < 4.78 is 26.1. The Kier molecular flexibility index (Phi) is 11.2. The minimum atomic E-state index is -0.957. The normalized spacial score (nSPS) is 26.1. The molecule has 0 radical (unpaired) electrons. The van der Waals surface area contributed by atoms with Crippen molar-refractivity contribution in [1.82, 2.24) is 20.1 Å². The van der Waals surface area contributed by atoms with Gasteiger partial charge in [-0.05, 0) is 139 Å². The number of amides is 1. The van der Waals surface area contributed by atoms with Crippen molar-refractivity contribution in [2.45, 2.75) is 137 Å². The van der Waals surface area contributed by atoms with E-state index in [1.54, 1.807) is 12.1 Å². The molecule has 13 nitrogen and oxygen atoms in total. The summed E-state index contributed by atoms with van der Waals surface area (Å²) in [6.07, 6.45) is 8.45. The van der Waals surface area contributed by atoms with Crippen LogP contribution in [0, 0.1) is 23.2 Å². The highest BCUT2D eigenvalue weighted by atomic mass is 16.6. The van der Waals surface area contributed by atoms with Gasteiger partial charge >= 0.3 is 18.0 Å². The quantitative estimate of drug-likeness (QED) is 0.127. The number of carboxylic acids is 1. The van der Waals surface area contributed by atoms with Crippen molar-refractivity contribution in [3.8, 4) is 11.1 Å². The lowest BCUT2D eigenvalue weighted by molar-refractivity contribution is -0.250. The first-order chi connectivity index (χ1) is 27.6. The smallest absolute Gasteiger partial charge is 0.407 e. The van der Waals surface area contributed by atoms with E-state index in [0.29, 0.717) is 57.3 Å². The van der Waals surface area contributed by atoms with Crippen molar-refractivity contribution in [2.75, 3.05) is 37.8 Å². The van der Waals surface area contributed by atoms with E-state index in [9.17, 15) is 19.5 Å². The van der Waals surface area contributed by atoms with Crippen LogP contribution in [0.4, 0.5) is 10.6 Å². The monoisotopic (exact) mass is 813 g/mol. The molecule has 4 saturated carbocycles. The largest absolute Gasteiger partial charge is 0.478 e. The van der Waals surface area contributed by atoms with Gasteiger partial charge in [-0.1, -0.05) is 26.0 Å². The Labute approximate surface area is 348 Å². The Bertz CT molecular complexity index is 2080. The molecule has 320 valence electrons. The number of hydrogen-bond acceptors (Lipinski definition) is 10. The summed E-state index contributed by atoms with van der Waals surface area (Å²) in [6, 6.07) is 9.25. The van der Waals surface area contributed by atoms with Crippen LogP contribution in [-0.4, -0.2) is 87.6 Å². The van der Waals surface area contributed by atoms with E-state index in [1.807, 2.05) is 70.8 Å². The molecule has 0 saturated heterocycles. The second kappa shape index (κ2) is 15.5. The summed E-state index contributed by atoms with van der Waals surface area (Å²) in [5.74, 6) is -0.885. The molecule has 1 aliphatic heterocycles. The highest BCUT2D eigenvalue weighted by molar-refractivity contribution is 5.96. The van der Waals surface area contributed by atoms with Gasteiger partial charge in [0.15, 0.2) is 5.69 Å². The number of alkyl carbamates (subject to hydrolysis) is 1. The van der Waals surface area contributed by atoms with Crippen molar-refractivity contribution in [3.63, 3.8) is 0 Å². The second-order valence-electron chi connectivity index (χ2n) is 20.5. The number of rotatable bonds is 13. The molecule has 2 unspecified atom stereocenters. The third kappa shape index (κ3) is 9.46. The zero-order valence-electron chi connectivity index (χ0n) is 36.5. The van der Waals surface area contributed by atoms with Gasteiger partial charge in [0.1, 0.15) is 17.0 Å². The Morgan fingerprint density at radius 1 is 0.864 bits per heavy atom. The number of benzene rings is 1. The second-order valence-corrected chi connectivity index (χ2v) is 20.5. The van der Waals surface area contributed by atoms with Gasteiger partial charge in [0, 0.05) is 43.0 Å². The lowest BCUT2D eigenvalue weighted by Crippen LogP contribution is -2.64. The number of carbonyl (C=O) groups excluding carboxylic acids is 2. The summed E-state index contributed by atoms with van der Waals surface area (Å²) in [6.45, 7) is 21.4. The van der Waals surface area contributed by atoms with Crippen molar-refractivity contribution in [1.29, 1.82) is 0 Å². The van der Waals surface area contributed by atoms with E-state index in [-0.39, 0.29) is 33.1 Å². The summed E-state index contributed by atoms with van der Waals surface area (Å²) in [7, 11) is 0. The molecular weight excluding hydrogens is 751 g/mol. The van der Waals surface area contributed by atoms with Gasteiger partial charge in [0.25, 0.3) is 0 Å². The number of aromatic nitrogens is 3. The summed E-state index contributed by atoms with van der Waals surface area (Å²) in [4.78, 5) is 45.0. The van der Waals surface area contributed by atoms with Crippen LogP contribution in [0.2, 0.25) is 0 Å². The first-order valence-corrected chi connectivity index (χ1v) is 21.1. The van der Waals surface area contributed by atoms with Gasteiger partial charge in [0.05, 0.1) is 37.2 Å². The Hall–Kier alpha value is -4.49. The molecular formula is C46H63N5O8. The number of anilines is 1. The predicted octanol–water partition coefficient (Wildman–Crippen LogP) is 8.15. The van der Waals surface area contributed by atoms with E-state index < -0.39 is 29.2 Å². The maximum atomic E-state index is 13.9. The van der Waals surface area contributed by atoms with Crippen molar-refractivity contribution >= 4 is 23.8 Å². The van der Waals surface area contributed by atoms with Gasteiger partial charge in [0.2, 0.25) is 0 Å². The Morgan fingerprint density at radius 3 is 2.25 bits per heavy atom. The number of carbonyl (C=O) groups is 3. The number of pyridine rings is 1. The fraction of sp³-hybridized carbons (Fsp3) is 0.630. The summed E-state index contributed by atoms with van der Waals surface area (Å²) in [5, 5.41) is 17.6. The number of nitrogens with zero attached hydrogens (tertiary/aromatic N) is 4. The molecule has 3 heterocycles. The molecule has 5 aliphatic rings. The van der Waals surface area contributed by atoms with E-state index in [4.69, 9.17) is 29.0 Å². The molecule has 4 bridgehead atoms. The van der Waals surface area contributed by atoms with Crippen LogP contribution >= 0.6 is 0 Å². The number of esters is 1. The Morgan fingerprint density at radius 2 is 1.58 bits per heavy atom. The van der Waals surface area contributed by atoms with E-state index in [2.05, 4.69) is 30.8 Å². The molecule has 0 spiro atoms. The molecule has 4 fully saturated rings. The average Bonchev–Trinajstić information content (AvgIpc) is 3.45. The summed E-state index contributed by atoms with van der Waals surface area (Å²) >= 11 is 0. The third-order valence-electron chi connectivity index (χ3n) is 12.4. The topological polar surface area (TPSA) is 154 Å². The predicted molar refractivity (Wildman–Crippen MR) is 224 cm³/mol. The lowest BCUT2D eigenvalue weighted by Gasteiger charge is -2.69. The highest BCUT2D eigenvalue weighted by Gasteiger charge is 2.66. The van der Waals surface area contributed by atoms with Gasteiger partial charge < -0.3 is 34.3 Å². The SMILES string of the molecule is Cc1c(-c2ccc(N3CCc4cccc(C(=O)O)c4C3)nc2C(=O)OC(C)(C)C)cnn1CC12CC3(C)CC(C)(C1)CC(OCCOCCNC(=O)OC(C)(C)C)(C3)C2. The first-order valence-electron chi connectivity index (χ1n) is 21.1. The van der Waals surface area contributed by atoms with E-state index in [0.717, 1.165) is 61.0 Å². The Balaban J connectivity index is 1.09. The number of aromatic carboxylic acids is 1. The van der Waals surface area contributed by atoms with Gasteiger partial charge in [-0.3, -0.25) is 4.68 Å². The zero-order chi connectivity index (χ0) is 42.6. The van der Waals surface area contributed by atoms with Crippen molar-refractivity contribution in [3.05, 3.63) is 64.6 Å². The average molecular weight is 814 g/mol. The molecule has 59 heavy (non-hydrogen) atoms. The van der Waals surface area contributed by atoms with Crippen molar-refractivity contribution in [2.24, 2.45) is 16.2 Å². The number of hydrogen-bond donors (Lipinski definition) is 2. The van der Waals surface area contributed by atoms with Crippen molar-refractivity contribution < 1.29 is 38.4 Å². The van der Waals surface area contributed by atoms with Crippen LogP contribution in [0.25, 0.3) is 11.1 Å². The lowest BCUT2D eigenvalue weighted by atomic mass is 9.39. The third-order valence-corrected chi connectivity index (χ3v) is 12.4. The molecule has 1 aromatic carbocycles. The maximum absolute atomic E-state index is 13.9. The summed E-state index contributed by atoms with van der Waals surface area (Å²) in [5.41, 5.74) is 3.47. The minimum Gasteiger partial charge on any atom is -0.478 e. The van der Waals surface area contributed by atoms with Crippen LogP contribution in [0.3, 0.4) is 0 Å². The number of ether oxygens (including phenoxy) is 4. The molecule has 4 aliphatic carbocycles. The molecule has 13 heteroatoms. The number of carboxylic acid groups (broad SMARTS) is 1. The molecule has 2 aromatic heterocycles. The van der Waals surface area contributed by atoms with Crippen LogP contribution in [-0.2, 0) is 38.5 Å². The molecule has 8 rings (SSSR count).